The predicted octanol–water partition coefficient (Wildman–Crippen LogP) is 1.30. The van der Waals surface area contributed by atoms with Crippen LogP contribution >= 0.6 is 0 Å². The Labute approximate surface area is 145 Å². The molecule has 1 aliphatic heterocycles. The van der Waals surface area contributed by atoms with Gasteiger partial charge in [0.05, 0.1) is 12.8 Å². The number of methoxy groups -OCH3 is 1. The van der Waals surface area contributed by atoms with E-state index in [1.165, 1.54) is 19.2 Å². The number of hydrogen-bond donors (Lipinski definition) is 1. The van der Waals surface area contributed by atoms with Crippen molar-refractivity contribution >= 4 is 29.4 Å². The quantitative estimate of drug-likeness (QED) is 0.592. The van der Waals surface area contributed by atoms with Gasteiger partial charge in [0, 0.05) is 6.04 Å². The second kappa shape index (κ2) is 7.78. The molecule has 8 heteroatoms. The zero-order valence-electron chi connectivity index (χ0n) is 14.4. The van der Waals surface area contributed by atoms with Gasteiger partial charge in [-0.1, -0.05) is 13.3 Å². The molecule has 1 atom stereocenters. The van der Waals surface area contributed by atoms with E-state index in [2.05, 4.69) is 5.32 Å². The van der Waals surface area contributed by atoms with E-state index in [0.29, 0.717) is 10.6 Å². The van der Waals surface area contributed by atoms with E-state index >= 15 is 0 Å². The molecule has 0 bridgehead atoms. The topological polar surface area (TPSA) is 96.0 Å². The van der Waals surface area contributed by atoms with Crippen molar-refractivity contribution in [3.05, 3.63) is 24.3 Å². The van der Waals surface area contributed by atoms with Crippen molar-refractivity contribution in [3.63, 3.8) is 0 Å². The first-order chi connectivity index (χ1) is 11.9. The van der Waals surface area contributed by atoms with Gasteiger partial charge in [0.15, 0.2) is 0 Å². The Bertz CT molecular complexity index is 686. The minimum absolute atomic E-state index is 0.0706. The molecule has 1 aromatic rings. The number of nitrogens with zero attached hydrogens (tertiary/aromatic N) is 2. The van der Waals surface area contributed by atoms with Gasteiger partial charge in [-0.15, -0.1) is 0 Å². The van der Waals surface area contributed by atoms with Crippen LogP contribution in [0.2, 0.25) is 0 Å². The summed E-state index contributed by atoms with van der Waals surface area (Å²) in [6, 6.07) is 5.23. The Kier molecular flexibility index (Phi) is 5.74. The van der Waals surface area contributed by atoms with Crippen molar-refractivity contribution in [2.75, 3.05) is 18.6 Å². The normalized spacial score (nSPS) is 15.6. The summed E-state index contributed by atoms with van der Waals surface area (Å²) in [6.45, 7) is 3.34. The second-order valence-corrected chi connectivity index (χ2v) is 5.77. The molecule has 134 valence electrons. The molecule has 5 amide bonds. The number of nitrogens with one attached hydrogen (secondary N) is 1. The van der Waals surface area contributed by atoms with Crippen LogP contribution in [0.3, 0.4) is 0 Å². The molecule has 1 heterocycles. The van der Waals surface area contributed by atoms with Gasteiger partial charge in [-0.2, -0.15) is 0 Å². The van der Waals surface area contributed by atoms with Crippen LogP contribution in [0.5, 0.6) is 5.75 Å². The van der Waals surface area contributed by atoms with Crippen molar-refractivity contribution in [1.29, 1.82) is 0 Å². The number of ether oxygens (including phenoxy) is 1. The van der Waals surface area contributed by atoms with Gasteiger partial charge in [-0.25, -0.2) is 14.6 Å². The van der Waals surface area contributed by atoms with Crippen LogP contribution in [0, 0.1) is 0 Å². The molecule has 1 aliphatic rings. The van der Waals surface area contributed by atoms with Crippen LogP contribution in [0.15, 0.2) is 24.3 Å². The zero-order chi connectivity index (χ0) is 18.6. The van der Waals surface area contributed by atoms with Crippen LogP contribution < -0.4 is 15.0 Å². The van der Waals surface area contributed by atoms with Crippen molar-refractivity contribution in [2.45, 2.75) is 32.7 Å². The van der Waals surface area contributed by atoms with Crippen LogP contribution in [0.1, 0.15) is 26.7 Å². The molecule has 0 unspecified atom stereocenters. The van der Waals surface area contributed by atoms with E-state index in [1.807, 2.05) is 13.8 Å². The maximum Gasteiger partial charge on any atom is 0.339 e. The van der Waals surface area contributed by atoms with Gasteiger partial charge in [0.2, 0.25) is 5.91 Å². The monoisotopic (exact) mass is 347 g/mol. The zero-order valence-corrected chi connectivity index (χ0v) is 14.4. The summed E-state index contributed by atoms with van der Waals surface area (Å²) in [5.41, 5.74) is 0.242. The molecule has 0 spiro atoms. The first-order valence-corrected chi connectivity index (χ1v) is 8.02. The fraction of sp³-hybridized carbons (Fsp3) is 0.412. The lowest BCUT2D eigenvalue weighted by Gasteiger charge is -2.17. The number of imide groups is 2. The molecule has 1 aromatic carbocycles. The van der Waals surface area contributed by atoms with Gasteiger partial charge in [-0.3, -0.25) is 14.4 Å². The first-order valence-electron chi connectivity index (χ1n) is 8.02. The number of carbonyl (C=O) groups excluding carboxylic acids is 4. The maximum absolute atomic E-state index is 12.4. The molecule has 0 saturated carbocycles. The Morgan fingerprint density at radius 2 is 1.80 bits per heavy atom. The average Bonchev–Trinajstić information content (AvgIpc) is 2.79. The van der Waals surface area contributed by atoms with Crippen LogP contribution in [-0.2, 0) is 14.4 Å². The van der Waals surface area contributed by atoms with Gasteiger partial charge in [0.25, 0.3) is 0 Å². The van der Waals surface area contributed by atoms with Crippen molar-refractivity contribution in [1.82, 2.24) is 10.2 Å². The van der Waals surface area contributed by atoms with Crippen molar-refractivity contribution in [3.8, 4) is 5.75 Å². The van der Waals surface area contributed by atoms with Crippen LogP contribution in [-0.4, -0.2) is 48.3 Å². The summed E-state index contributed by atoms with van der Waals surface area (Å²) in [7, 11) is 1.49. The fourth-order valence-electron chi connectivity index (χ4n) is 2.57. The van der Waals surface area contributed by atoms with Crippen molar-refractivity contribution < 1.29 is 23.9 Å². The van der Waals surface area contributed by atoms with E-state index in [4.69, 9.17) is 4.74 Å². The molecule has 1 fully saturated rings. The lowest BCUT2D eigenvalue weighted by Crippen LogP contribution is -2.44. The number of urea groups is 1. The highest BCUT2D eigenvalue weighted by atomic mass is 16.5. The fourth-order valence-corrected chi connectivity index (χ4v) is 2.57. The third kappa shape index (κ3) is 3.96. The Balaban J connectivity index is 2.11. The van der Waals surface area contributed by atoms with Gasteiger partial charge < -0.3 is 10.1 Å². The Hall–Kier alpha value is -2.90. The van der Waals surface area contributed by atoms with Gasteiger partial charge in [-0.05, 0) is 37.6 Å². The third-order valence-corrected chi connectivity index (χ3v) is 3.81. The Morgan fingerprint density at radius 3 is 2.36 bits per heavy atom. The molecule has 1 saturated heterocycles. The minimum atomic E-state index is -1.01. The van der Waals surface area contributed by atoms with Crippen LogP contribution in [0.25, 0.3) is 0 Å². The number of carbonyl (C=O) groups is 4. The van der Waals surface area contributed by atoms with E-state index in [1.54, 1.807) is 12.1 Å². The van der Waals surface area contributed by atoms with E-state index in [9.17, 15) is 19.2 Å². The van der Waals surface area contributed by atoms with E-state index in [-0.39, 0.29) is 11.7 Å². The standard InChI is InChI=1S/C17H21N3O5/c1-4-5-11(2)18-14(21)10-19-15(22)16(23)20(17(19)24)12-6-8-13(25-3)9-7-12/h6-9,11H,4-5,10H2,1-3H3,(H,18,21)/t11-/m0/s1. The molecule has 1 N–H and O–H groups in total. The third-order valence-electron chi connectivity index (χ3n) is 3.81. The highest BCUT2D eigenvalue weighted by Crippen LogP contribution is 2.24. The van der Waals surface area contributed by atoms with E-state index < -0.39 is 30.3 Å². The van der Waals surface area contributed by atoms with Gasteiger partial charge >= 0.3 is 17.8 Å². The number of hydrogen-bond acceptors (Lipinski definition) is 5. The average molecular weight is 347 g/mol. The highest BCUT2D eigenvalue weighted by molar-refractivity contribution is 6.53. The first kappa shape index (κ1) is 18.4. The molecule has 25 heavy (non-hydrogen) atoms. The summed E-state index contributed by atoms with van der Waals surface area (Å²) < 4.78 is 5.02. The van der Waals surface area contributed by atoms with E-state index in [0.717, 1.165) is 17.7 Å². The largest absolute Gasteiger partial charge is 0.497 e. The SMILES string of the molecule is CCC[C@H](C)NC(=O)CN1C(=O)C(=O)N(c2ccc(OC)cc2)C1=O. The molecule has 0 aromatic heterocycles. The summed E-state index contributed by atoms with van der Waals surface area (Å²) in [4.78, 5) is 50.1. The molecule has 2 rings (SSSR count). The summed E-state index contributed by atoms with van der Waals surface area (Å²) in [5.74, 6) is -1.92. The minimum Gasteiger partial charge on any atom is -0.497 e. The lowest BCUT2D eigenvalue weighted by atomic mass is 10.2. The number of amides is 5. The number of anilines is 1. The van der Waals surface area contributed by atoms with Crippen molar-refractivity contribution in [2.24, 2.45) is 0 Å². The summed E-state index contributed by atoms with van der Waals surface area (Å²) >= 11 is 0. The molecule has 0 radical (unpaired) electrons. The predicted molar refractivity (Wildman–Crippen MR) is 90.1 cm³/mol. The molecule has 0 aliphatic carbocycles. The molecular weight excluding hydrogens is 326 g/mol. The summed E-state index contributed by atoms with van der Waals surface area (Å²) in [6.07, 6.45) is 1.68. The van der Waals surface area contributed by atoms with Gasteiger partial charge in [0.1, 0.15) is 12.3 Å². The molecule has 8 nitrogen and oxygen atoms in total. The lowest BCUT2D eigenvalue weighted by molar-refractivity contribution is -0.140. The molecular formula is C17H21N3O5. The smallest absolute Gasteiger partial charge is 0.339 e. The second-order valence-electron chi connectivity index (χ2n) is 5.77. The van der Waals surface area contributed by atoms with Crippen LogP contribution in [0.4, 0.5) is 10.5 Å². The highest BCUT2D eigenvalue weighted by Gasteiger charge is 2.46. The summed E-state index contributed by atoms with van der Waals surface area (Å²) in [5, 5.41) is 2.70. The maximum atomic E-state index is 12.4. The number of benzene rings is 1. The Morgan fingerprint density at radius 1 is 1.16 bits per heavy atom. The number of rotatable bonds is 7.